The average Bonchev–Trinajstić information content (AvgIpc) is 2.38. The van der Waals surface area contributed by atoms with Crippen molar-refractivity contribution in [1.29, 1.82) is 0 Å². The molecule has 0 saturated heterocycles. The number of aryl methyl sites for hydroxylation is 1. The summed E-state index contributed by atoms with van der Waals surface area (Å²) in [5, 5.41) is 10.7. The Hall–Kier alpha value is -1.38. The van der Waals surface area contributed by atoms with Gasteiger partial charge in [0.25, 0.3) is 0 Å². The molecule has 1 unspecified atom stereocenters. The summed E-state index contributed by atoms with van der Waals surface area (Å²) in [7, 11) is 0. The maximum absolute atomic E-state index is 10.1. The first-order valence-corrected chi connectivity index (χ1v) is 5.96. The number of aliphatic hydroxyl groups is 1. The number of benzene rings is 1. The van der Waals surface area contributed by atoms with Gasteiger partial charge in [-0.3, -0.25) is 4.98 Å². The van der Waals surface area contributed by atoms with Crippen LogP contribution in [0.2, 0.25) is 5.02 Å². The molecule has 1 N–H and O–H groups in total. The summed E-state index contributed by atoms with van der Waals surface area (Å²) in [5.41, 5.74) is 1.91. The van der Waals surface area contributed by atoms with Gasteiger partial charge >= 0.3 is 0 Å². The van der Waals surface area contributed by atoms with Gasteiger partial charge in [0.2, 0.25) is 0 Å². The molecule has 17 heavy (non-hydrogen) atoms. The van der Waals surface area contributed by atoms with E-state index in [1.807, 2.05) is 36.5 Å². The van der Waals surface area contributed by atoms with Gasteiger partial charge in [0.15, 0.2) is 0 Å². The van der Waals surface area contributed by atoms with E-state index in [0.717, 1.165) is 17.5 Å². The smallest absolute Gasteiger partial charge is 0.0807 e. The molecule has 2 aromatic rings. The second-order valence-corrected chi connectivity index (χ2v) is 4.34. The minimum Gasteiger partial charge on any atom is -0.388 e. The Morgan fingerprint density at radius 3 is 2.71 bits per heavy atom. The van der Waals surface area contributed by atoms with Crippen LogP contribution in [-0.4, -0.2) is 10.1 Å². The summed E-state index contributed by atoms with van der Waals surface area (Å²) in [6.45, 7) is 0. The molecule has 1 atom stereocenters. The van der Waals surface area contributed by atoms with E-state index in [1.165, 1.54) is 0 Å². The SMILES string of the molecule is OC(CCc1cccnc1)c1ccccc1Cl. The number of nitrogens with zero attached hydrogens (tertiary/aromatic N) is 1. The van der Waals surface area contributed by atoms with Gasteiger partial charge in [0.05, 0.1) is 6.10 Å². The van der Waals surface area contributed by atoms with Gasteiger partial charge in [-0.1, -0.05) is 35.9 Å². The van der Waals surface area contributed by atoms with Gasteiger partial charge in [-0.05, 0) is 36.1 Å². The molecule has 88 valence electrons. The Bertz CT molecular complexity index is 473. The van der Waals surface area contributed by atoms with E-state index < -0.39 is 6.10 Å². The maximum atomic E-state index is 10.1. The minimum absolute atomic E-state index is 0.524. The number of rotatable bonds is 4. The molecular weight excluding hydrogens is 234 g/mol. The number of hydrogen-bond acceptors (Lipinski definition) is 2. The zero-order valence-electron chi connectivity index (χ0n) is 9.38. The van der Waals surface area contributed by atoms with Crippen molar-refractivity contribution >= 4 is 11.6 Å². The normalized spacial score (nSPS) is 12.4. The molecule has 0 aliphatic heterocycles. The number of aromatic nitrogens is 1. The van der Waals surface area contributed by atoms with Gasteiger partial charge in [-0.25, -0.2) is 0 Å². The van der Waals surface area contributed by atoms with E-state index in [2.05, 4.69) is 4.98 Å². The summed E-state index contributed by atoms with van der Waals surface area (Å²) in [6.07, 6.45) is 4.48. The van der Waals surface area contributed by atoms with Crippen molar-refractivity contribution < 1.29 is 5.11 Å². The monoisotopic (exact) mass is 247 g/mol. The van der Waals surface area contributed by atoms with Crippen LogP contribution in [0.1, 0.15) is 23.7 Å². The zero-order chi connectivity index (χ0) is 12.1. The predicted octanol–water partition coefficient (Wildman–Crippen LogP) is 3.40. The van der Waals surface area contributed by atoms with Crippen molar-refractivity contribution in [3.63, 3.8) is 0 Å². The highest BCUT2D eigenvalue weighted by molar-refractivity contribution is 6.31. The Labute approximate surface area is 106 Å². The van der Waals surface area contributed by atoms with Crippen molar-refractivity contribution in [3.05, 3.63) is 64.9 Å². The number of hydrogen-bond donors (Lipinski definition) is 1. The highest BCUT2D eigenvalue weighted by atomic mass is 35.5. The largest absolute Gasteiger partial charge is 0.388 e. The number of aliphatic hydroxyl groups excluding tert-OH is 1. The van der Waals surface area contributed by atoms with E-state index in [0.29, 0.717) is 11.4 Å². The predicted molar refractivity (Wildman–Crippen MR) is 69.0 cm³/mol. The van der Waals surface area contributed by atoms with Gasteiger partial charge in [-0.2, -0.15) is 0 Å². The Morgan fingerprint density at radius 1 is 1.18 bits per heavy atom. The van der Waals surface area contributed by atoms with Gasteiger partial charge < -0.3 is 5.11 Å². The summed E-state index contributed by atoms with van der Waals surface area (Å²) in [5.74, 6) is 0. The molecular formula is C14H14ClNO. The summed E-state index contributed by atoms with van der Waals surface area (Å²) in [4.78, 5) is 4.05. The average molecular weight is 248 g/mol. The van der Waals surface area contributed by atoms with Gasteiger partial charge in [0, 0.05) is 17.4 Å². The topological polar surface area (TPSA) is 33.1 Å². The number of pyridine rings is 1. The fourth-order valence-electron chi connectivity index (χ4n) is 1.75. The minimum atomic E-state index is -0.524. The Kier molecular flexibility index (Phi) is 4.13. The summed E-state index contributed by atoms with van der Waals surface area (Å²) in [6, 6.07) is 11.3. The fourth-order valence-corrected chi connectivity index (χ4v) is 2.01. The van der Waals surface area contributed by atoms with E-state index in [4.69, 9.17) is 11.6 Å². The van der Waals surface area contributed by atoms with Crippen LogP contribution < -0.4 is 0 Å². The third-order valence-electron chi connectivity index (χ3n) is 2.69. The molecule has 0 saturated carbocycles. The molecule has 0 bridgehead atoms. The van der Waals surface area contributed by atoms with Crippen LogP contribution in [0.5, 0.6) is 0 Å². The van der Waals surface area contributed by atoms with Crippen LogP contribution in [0.15, 0.2) is 48.8 Å². The molecule has 3 heteroatoms. The van der Waals surface area contributed by atoms with Crippen LogP contribution in [-0.2, 0) is 6.42 Å². The summed E-state index contributed by atoms with van der Waals surface area (Å²) >= 11 is 6.03. The van der Waals surface area contributed by atoms with Crippen molar-refractivity contribution in [1.82, 2.24) is 4.98 Å². The van der Waals surface area contributed by atoms with Crippen molar-refractivity contribution in [2.75, 3.05) is 0 Å². The van der Waals surface area contributed by atoms with E-state index >= 15 is 0 Å². The standard InChI is InChI=1S/C14H14ClNO/c15-13-6-2-1-5-12(13)14(17)8-7-11-4-3-9-16-10-11/h1-6,9-10,14,17H,7-8H2. The molecule has 0 radical (unpaired) electrons. The lowest BCUT2D eigenvalue weighted by Crippen LogP contribution is -2.00. The molecule has 0 aliphatic rings. The first kappa shape index (κ1) is 12.1. The molecule has 1 heterocycles. The molecule has 0 fully saturated rings. The van der Waals surface area contributed by atoms with Crippen LogP contribution in [0.25, 0.3) is 0 Å². The maximum Gasteiger partial charge on any atom is 0.0807 e. The highest BCUT2D eigenvalue weighted by Gasteiger charge is 2.10. The van der Waals surface area contributed by atoms with Crippen LogP contribution in [0.3, 0.4) is 0 Å². The lowest BCUT2D eigenvalue weighted by atomic mass is 10.0. The first-order valence-electron chi connectivity index (χ1n) is 5.59. The third kappa shape index (κ3) is 3.29. The van der Waals surface area contributed by atoms with Gasteiger partial charge in [0.1, 0.15) is 0 Å². The molecule has 1 aromatic carbocycles. The highest BCUT2D eigenvalue weighted by Crippen LogP contribution is 2.25. The molecule has 2 rings (SSSR count). The molecule has 0 amide bonds. The fraction of sp³-hybridized carbons (Fsp3) is 0.214. The van der Waals surface area contributed by atoms with E-state index in [9.17, 15) is 5.11 Å². The van der Waals surface area contributed by atoms with Crippen LogP contribution in [0.4, 0.5) is 0 Å². The van der Waals surface area contributed by atoms with Crippen LogP contribution >= 0.6 is 11.6 Å². The molecule has 1 aromatic heterocycles. The third-order valence-corrected chi connectivity index (χ3v) is 3.04. The molecule has 2 nitrogen and oxygen atoms in total. The van der Waals surface area contributed by atoms with E-state index in [1.54, 1.807) is 12.3 Å². The molecule has 0 aliphatic carbocycles. The lowest BCUT2D eigenvalue weighted by Gasteiger charge is -2.12. The van der Waals surface area contributed by atoms with Crippen molar-refractivity contribution in [2.24, 2.45) is 0 Å². The van der Waals surface area contributed by atoms with Crippen LogP contribution in [0, 0.1) is 0 Å². The number of halogens is 1. The second-order valence-electron chi connectivity index (χ2n) is 3.94. The van der Waals surface area contributed by atoms with E-state index in [-0.39, 0.29) is 0 Å². The Balaban J connectivity index is 1.99. The molecule has 0 spiro atoms. The first-order chi connectivity index (χ1) is 8.27. The lowest BCUT2D eigenvalue weighted by molar-refractivity contribution is 0.168. The van der Waals surface area contributed by atoms with Gasteiger partial charge in [-0.15, -0.1) is 0 Å². The summed E-state index contributed by atoms with van der Waals surface area (Å²) < 4.78 is 0. The van der Waals surface area contributed by atoms with Crippen molar-refractivity contribution in [2.45, 2.75) is 18.9 Å². The zero-order valence-corrected chi connectivity index (χ0v) is 10.1. The quantitative estimate of drug-likeness (QED) is 0.898. The second kappa shape index (κ2) is 5.80. The Morgan fingerprint density at radius 2 is 2.00 bits per heavy atom. The van der Waals surface area contributed by atoms with Crippen molar-refractivity contribution in [3.8, 4) is 0 Å².